The van der Waals surface area contributed by atoms with E-state index < -0.39 is 7.87 Å². The van der Waals surface area contributed by atoms with Crippen molar-refractivity contribution in [2.45, 2.75) is 19.0 Å². The van der Waals surface area contributed by atoms with Gasteiger partial charge in [-0.2, -0.15) is 0 Å². The second-order valence-electron chi connectivity index (χ2n) is 5.54. The number of nitrogens with zero attached hydrogens (tertiary/aromatic N) is 1. The van der Waals surface area contributed by atoms with Gasteiger partial charge in [-0.15, -0.1) is 0 Å². The molecule has 1 unspecified atom stereocenters. The lowest BCUT2D eigenvalue weighted by atomic mass is 9.96. The molecule has 5 heteroatoms. The highest BCUT2D eigenvalue weighted by Gasteiger charge is 2.43. The Hall–Kier alpha value is -1.29. The van der Waals surface area contributed by atoms with Crippen molar-refractivity contribution in [3.05, 3.63) is 65.7 Å². The van der Waals surface area contributed by atoms with Gasteiger partial charge in [-0.1, -0.05) is 47.7 Å². The van der Waals surface area contributed by atoms with Crippen LogP contribution in [0.4, 0.5) is 0 Å². The number of hydrogen-bond acceptors (Lipinski definition) is 4. The van der Waals surface area contributed by atoms with Crippen molar-refractivity contribution in [2.24, 2.45) is 0 Å². The molecular formula is C16H17N2O2P. The summed E-state index contributed by atoms with van der Waals surface area (Å²) in [6.45, 7) is 1.26. The normalized spacial score (nSPS) is 28.7. The number of nitrogens with one attached hydrogen (secondary N) is 1. The van der Waals surface area contributed by atoms with Gasteiger partial charge < -0.3 is 4.89 Å². The summed E-state index contributed by atoms with van der Waals surface area (Å²) in [7, 11) is -2.99. The zero-order valence-electron chi connectivity index (χ0n) is 11.6. The highest BCUT2D eigenvalue weighted by atomic mass is 31.2. The Balaban J connectivity index is 1.61. The average Bonchev–Trinajstić information content (AvgIpc) is 2.54. The van der Waals surface area contributed by atoms with Gasteiger partial charge in [-0.25, -0.2) is 9.53 Å². The summed E-state index contributed by atoms with van der Waals surface area (Å²) in [4.78, 5) is 13.0. The summed E-state index contributed by atoms with van der Waals surface area (Å²) in [6.07, 6.45) is 0.929. The van der Waals surface area contributed by atoms with Crippen LogP contribution in [0.15, 0.2) is 54.6 Å². The molecule has 2 aromatic carbocycles. The van der Waals surface area contributed by atoms with Crippen LogP contribution in [0, 0.1) is 0 Å². The quantitative estimate of drug-likeness (QED) is 0.809. The third kappa shape index (κ3) is 2.39. The highest BCUT2D eigenvalue weighted by Crippen LogP contribution is 2.49. The second-order valence-corrected chi connectivity index (χ2v) is 7.61. The van der Waals surface area contributed by atoms with Gasteiger partial charge in [0.05, 0.1) is 6.04 Å². The monoisotopic (exact) mass is 300 g/mol. The van der Waals surface area contributed by atoms with Crippen molar-refractivity contribution in [3.8, 4) is 0 Å². The molecule has 0 bridgehead atoms. The lowest BCUT2D eigenvalue weighted by molar-refractivity contribution is -0.206. The van der Waals surface area contributed by atoms with E-state index in [9.17, 15) is 4.89 Å². The van der Waals surface area contributed by atoms with Gasteiger partial charge in [0.15, 0.2) is 0 Å². The SMILES string of the molecule is [O-][P+]1(c2ccccc2)NN2Cc3ccccc3C[C@@H]2CO1. The molecule has 21 heavy (non-hydrogen) atoms. The Morgan fingerprint density at radius 3 is 2.57 bits per heavy atom. The molecule has 0 spiro atoms. The van der Waals surface area contributed by atoms with E-state index in [1.807, 2.05) is 30.3 Å². The molecule has 1 N–H and O–H groups in total. The van der Waals surface area contributed by atoms with E-state index in [1.165, 1.54) is 11.1 Å². The van der Waals surface area contributed by atoms with Crippen LogP contribution in [0.25, 0.3) is 0 Å². The number of rotatable bonds is 1. The molecule has 2 heterocycles. The van der Waals surface area contributed by atoms with Crippen LogP contribution in [0.2, 0.25) is 0 Å². The highest BCUT2D eigenvalue weighted by molar-refractivity contribution is 7.70. The van der Waals surface area contributed by atoms with Gasteiger partial charge in [0.25, 0.3) is 0 Å². The van der Waals surface area contributed by atoms with E-state index >= 15 is 0 Å². The van der Waals surface area contributed by atoms with Crippen molar-refractivity contribution in [2.75, 3.05) is 6.61 Å². The second kappa shape index (κ2) is 5.16. The first-order chi connectivity index (χ1) is 10.2. The summed E-state index contributed by atoms with van der Waals surface area (Å²) in [5.41, 5.74) is 2.66. The van der Waals surface area contributed by atoms with Gasteiger partial charge >= 0.3 is 0 Å². The molecule has 2 aliphatic rings. The van der Waals surface area contributed by atoms with Crippen LogP contribution in [0.1, 0.15) is 11.1 Å². The van der Waals surface area contributed by atoms with E-state index in [4.69, 9.17) is 4.52 Å². The largest absolute Gasteiger partial charge is 0.636 e. The molecule has 2 aliphatic heterocycles. The summed E-state index contributed by atoms with van der Waals surface area (Å²) < 4.78 is 5.74. The van der Waals surface area contributed by atoms with Crippen molar-refractivity contribution in [1.82, 2.24) is 10.2 Å². The third-order valence-corrected chi connectivity index (χ3v) is 6.17. The molecule has 2 aromatic rings. The number of hydrogen-bond donors (Lipinski definition) is 1. The molecule has 2 atom stereocenters. The first-order valence-corrected chi connectivity index (χ1v) is 8.79. The summed E-state index contributed by atoms with van der Waals surface area (Å²) in [6, 6.07) is 18.1. The van der Waals surface area contributed by atoms with Crippen LogP contribution in [0.3, 0.4) is 0 Å². The zero-order chi connectivity index (χ0) is 14.3. The Kier molecular flexibility index (Phi) is 3.29. The van der Waals surface area contributed by atoms with Crippen LogP contribution in [-0.4, -0.2) is 17.7 Å². The van der Waals surface area contributed by atoms with Crippen LogP contribution >= 0.6 is 7.87 Å². The fourth-order valence-electron chi connectivity index (χ4n) is 3.00. The Labute approximate surface area is 124 Å². The van der Waals surface area contributed by atoms with Gasteiger partial charge in [0.1, 0.15) is 11.9 Å². The number of fused-ring (bicyclic) bond motifs is 2. The average molecular weight is 300 g/mol. The standard InChI is InChI=1S/C16H17N2O2P/c19-21(16-8-2-1-3-9-16)17-18-11-14-7-5-4-6-13(14)10-15(18)12-20-21/h1-9,15H,10-12H2,(H,17,19)/t15-,21?/m1/s1. The predicted molar refractivity (Wildman–Crippen MR) is 81.6 cm³/mol. The van der Waals surface area contributed by atoms with E-state index in [2.05, 4.69) is 34.5 Å². The fraction of sp³-hybridized carbons (Fsp3) is 0.250. The van der Waals surface area contributed by atoms with Crippen LogP contribution in [0.5, 0.6) is 0 Å². The van der Waals surface area contributed by atoms with Gasteiger partial charge in [-0.3, -0.25) is 0 Å². The van der Waals surface area contributed by atoms with Crippen molar-refractivity contribution < 1.29 is 9.42 Å². The molecular weight excluding hydrogens is 283 g/mol. The van der Waals surface area contributed by atoms with Gasteiger partial charge in [0.2, 0.25) is 7.87 Å². The first-order valence-electron chi connectivity index (χ1n) is 7.16. The smallest absolute Gasteiger partial charge is 0.220 e. The Bertz CT molecular complexity index is 652. The molecule has 4 nitrogen and oxygen atoms in total. The fourth-order valence-corrected chi connectivity index (χ4v) is 4.84. The molecule has 4 rings (SSSR count). The minimum absolute atomic E-state index is 0.241. The Morgan fingerprint density at radius 1 is 1.05 bits per heavy atom. The minimum atomic E-state index is -2.99. The van der Waals surface area contributed by atoms with Gasteiger partial charge in [-0.05, 0) is 29.7 Å². The van der Waals surface area contributed by atoms with E-state index in [-0.39, 0.29) is 6.04 Å². The molecule has 108 valence electrons. The maximum absolute atomic E-state index is 13.0. The first kappa shape index (κ1) is 13.4. The van der Waals surface area contributed by atoms with Crippen molar-refractivity contribution in [3.63, 3.8) is 0 Å². The van der Waals surface area contributed by atoms with Gasteiger partial charge in [0, 0.05) is 6.54 Å². The lowest BCUT2D eigenvalue weighted by Gasteiger charge is -2.45. The molecule has 0 amide bonds. The van der Waals surface area contributed by atoms with Crippen molar-refractivity contribution in [1.29, 1.82) is 0 Å². The topological polar surface area (TPSA) is 47.6 Å². The third-order valence-electron chi connectivity index (χ3n) is 4.16. The van der Waals surface area contributed by atoms with E-state index in [0.29, 0.717) is 6.61 Å². The lowest BCUT2D eigenvalue weighted by Crippen LogP contribution is -2.58. The maximum Gasteiger partial charge on any atom is 0.220 e. The Morgan fingerprint density at radius 2 is 1.76 bits per heavy atom. The van der Waals surface area contributed by atoms with Crippen LogP contribution in [-0.2, 0) is 17.5 Å². The van der Waals surface area contributed by atoms with Crippen molar-refractivity contribution >= 4 is 13.2 Å². The molecule has 1 fully saturated rings. The zero-order valence-corrected chi connectivity index (χ0v) is 12.5. The predicted octanol–water partition coefficient (Wildman–Crippen LogP) is 1.40. The molecule has 0 aliphatic carbocycles. The van der Waals surface area contributed by atoms with E-state index in [1.54, 1.807) is 0 Å². The number of hydrazine groups is 1. The molecule has 0 aromatic heterocycles. The summed E-state index contributed by atoms with van der Waals surface area (Å²) >= 11 is 0. The minimum Gasteiger partial charge on any atom is -0.636 e. The summed E-state index contributed by atoms with van der Waals surface area (Å²) in [5.74, 6) is 0. The van der Waals surface area contributed by atoms with Crippen LogP contribution < -0.4 is 15.4 Å². The molecule has 1 saturated heterocycles. The number of benzene rings is 2. The molecule has 0 saturated carbocycles. The summed E-state index contributed by atoms with van der Waals surface area (Å²) in [5, 5.41) is 5.96. The molecule has 0 radical (unpaired) electrons. The van der Waals surface area contributed by atoms with E-state index in [0.717, 1.165) is 18.3 Å². The maximum atomic E-state index is 13.0.